The first kappa shape index (κ1) is 20.3. The van der Waals surface area contributed by atoms with E-state index in [2.05, 4.69) is 84.1 Å². The van der Waals surface area contributed by atoms with Crippen molar-refractivity contribution in [3.8, 4) is 11.3 Å². The Morgan fingerprint density at radius 3 is 2.59 bits per heavy atom. The SMILES string of the molecule is CCN(CC)CCn1nc2c3c(c(NCCN(C)C)ccc31)Sc1ccccc1-2. The summed E-state index contributed by atoms with van der Waals surface area (Å²) in [5.41, 5.74) is 4.83. The molecule has 0 saturated carbocycles. The lowest BCUT2D eigenvalue weighted by molar-refractivity contribution is 0.287. The second-order valence-electron chi connectivity index (χ2n) is 7.76. The molecule has 0 bridgehead atoms. The second kappa shape index (κ2) is 8.78. The highest BCUT2D eigenvalue weighted by molar-refractivity contribution is 8.00. The van der Waals surface area contributed by atoms with Gasteiger partial charge in [0.25, 0.3) is 0 Å². The number of nitrogens with zero attached hydrogens (tertiary/aromatic N) is 4. The van der Waals surface area contributed by atoms with Crippen LogP contribution in [0.15, 0.2) is 46.2 Å². The average molecular weight is 410 g/mol. The number of anilines is 1. The molecule has 0 aliphatic carbocycles. The Morgan fingerprint density at radius 2 is 1.83 bits per heavy atom. The van der Waals surface area contributed by atoms with Gasteiger partial charge in [-0.15, -0.1) is 0 Å². The van der Waals surface area contributed by atoms with E-state index >= 15 is 0 Å². The van der Waals surface area contributed by atoms with Crippen molar-refractivity contribution in [2.24, 2.45) is 0 Å². The maximum atomic E-state index is 5.09. The van der Waals surface area contributed by atoms with Crippen molar-refractivity contribution in [3.05, 3.63) is 36.4 Å². The fourth-order valence-electron chi connectivity index (χ4n) is 3.90. The highest BCUT2D eigenvalue weighted by atomic mass is 32.2. The van der Waals surface area contributed by atoms with Crippen molar-refractivity contribution in [1.29, 1.82) is 0 Å². The summed E-state index contributed by atoms with van der Waals surface area (Å²) >= 11 is 1.87. The van der Waals surface area contributed by atoms with Gasteiger partial charge in [0.05, 0.1) is 12.1 Å². The summed E-state index contributed by atoms with van der Waals surface area (Å²) in [4.78, 5) is 7.25. The Labute approximate surface area is 178 Å². The van der Waals surface area contributed by atoms with Crippen LogP contribution in [-0.2, 0) is 6.54 Å². The van der Waals surface area contributed by atoms with Crippen LogP contribution < -0.4 is 5.32 Å². The van der Waals surface area contributed by atoms with Gasteiger partial charge in [0.2, 0.25) is 0 Å². The van der Waals surface area contributed by atoms with Crippen molar-refractivity contribution in [2.45, 2.75) is 30.2 Å². The van der Waals surface area contributed by atoms with Gasteiger partial charge in [-0.2, -0.15) is 5.10 Å². The average Bonchev–Trinajstić information content (AvgIpc) is 3.10. The van der Waals surface area contributed by atoms with E-state index in [-0.39, 0.29) is 0 Å². The van der Waals surface area contributed by atoms with E-state index in [1.165, 1.54) is 31.9 Å². The summed E-state index contributed by atoms with van der Waals surface area (Å²) in [7, 11) is 4.22. The highest BCUT2D eigenvalue weighted by Gasteiger charge is 2.25. The quantitative estimate of drug-likeness (QED) is 0.441. The summed E-state index contributed by atoms with van der Waals surface area (Å²) < 4.78 is 2.21. The lowest BCUT2D eigenvalue weighted by Gasteiger charge is -2.20. The Morgan fingerprint density at radius 1 is 1.03 bits per heavy atom. The second-order valence-corrected chi connectivity index (χ2v) is 8.82. The first-order valence-corrected chi connectivity index (χ1v) is 11.4. The van der Waals surface area contributed by atoms with Crippen LogP contribution in [0.5, 0.6) is 0 Å². The van der Waals surface area contributed by atoms with Gasteiger partial charge >= 0.3 is 0 Å². The Hall–Kier alpha value is -2.02. The number of hydrogen-bond donors (Lipinski definition) is 1. The number of fused-ring (bicyclic) bond motifs is 2. The molecule has 6 heteroatoms. The Bertz CT molecular complexity index is 990. The van der Waals surface area contributed by atoms with Crippen molar-refractivity contribution < 1.29 is 0 Å². The molecule has 0 atom stereocenters. The molecule has 0 fully saturated rings. The van der Waals surface area contributed by atoms with Crippen LogP contribution in [-0.4, -0.2) is 66.4 Å². The lowest BCUT2D eigenvalue weighted by Crippen LogP contribution is -2.27. The molecule has 2 heterocycles. The molecule has 0 spiro atoms. The molecule has 1 N–H and O–H groups in total. The van der Waals surface area contributed by atoms with Crippen LogP contribution in [0.2, 0.25) is 0 Å². The lowest BCUT2D eigenvalue weighted by atomic mass is 10.1. The van der Waals surface area contributed by atoms with Crippen LogP contribution in [0.1, 0.15) is 13.8 Å². The standard InChI is InChI=1S/C23H31N5S/c1-5-27(6-2)15-16-28-19-12-11-18(24-13-14-26(3)4)23-21(19)22(25-28)17-9-7-8-10-20(17)29-23/h7-12,24H,5-6,13-16H2,1-4H3. The van der Waals surface area contributed by atoms with E-state index in [9.17, 15) is 0 Å². The van der Waals surface area contributed by atoms with Gasteiger partial charge in [0, 0.05) is 46.1 Å². The van der Waals surface area contributed by atoms with Gasteiger partial charge in [-0.05, 0) is 45.4 Å². The molecular formula is C23H31N5S. The van der Waals surface area contributed by atoms with Crippen LogP contribution in [0.3, 0.4) is 0 Å². The molecule has 4 rings (SSSR count). The molecule has 3 aromatic rings. The van der Waals surface area contributed by atoms with Crippen LogP contribution >= 0.6 is 11.8 Å². The number of likely N-dealkylation sites (N-methyl/N-ethyl adjacent to an activating group) is 2. The summed E-state index contributed by atoms with van der Waals surface area (Å²) in [6, 6.07) is 13.1. The van der Waals surface area contributed by atoms with Crippen LogP contribution in [0, 0.1) is 0 Å². The van der Waals surface area contributed by atoms with Crippen molar-refractivity contribution >= 4 is 28.4 Å². The summed E-state index contributed by atoms with van der Waals surface area (Å²) in [5.74, 6) is 0. The Kier molecular flexibility index (Phi) is 6.13. The van der Waals surface area contributed by atoms with Crippen molar-refractivity contribution in [2.75, 3.05) is 52.1 Å². The third-order valence-electron chi connectivity index (χ3n) is 5.62. The molecule has 0 saturated heterocycles. The number of nitrogens with one attached hydrogen (secondary N) is 1. The summed E-state index contributed by atoms with van der Waals surface area (Å²) in [6.45, 7) is 10.5. The first-order valence-electron chi connectivity index (χ1n) is 10.5. The largest absolute Gasteiger partial charge is 0.383 e. The molecule has 2 aromatic carbocycles. The van der Waals surface area contributed by atoms with E-state index in [0.717, 1.165) is 45.0 Å². The molecule has 5 nitrogen and oxygen atoms in total. The molecule has 154 valence electrons. The number of hydrogen-bond acceptors (Lipinski definition) is 5. The van der Waals surface area contributed by atoms with Crippen molar-refractivity contribution in [3.63, 3.8) is 0 Å². The maximum absolute atomic E-state index is 5.09. The smallest absolute Gasteiger partial charge is 0.103 e. The van der Waals surface area contributed by atoms with Gasteiger partial charge in [0.15, 0.2) is 0 Å². The fourth-order valence-corrected chi connectivity index (χ4v) is 5.09. The van der Waals surface area contributed by atoms with E-state index in [1.54, 1.807) is 0 Å². The monoisotopic (exact) mass is 409 g/mol. The third-order valence-corrected chi connectivity index (χ3v) is 6.83. The van der Waals surface area contributed by atoms with Crippen LogP contribution in [0.4, 0.5) is 5.69 Å². The van der Waals surface area contributed by atoms with Crippen molar-refractivity contribution in [1.82, 2.24) is 19.6 Å². The van der Waals surface area contributed by atoms with E-state index < -0.39 is 0 Å². The minimum Gasteiger partial charge on any atom is -0.383 e. The van der Waals surface area contributed by atoms with E-state index in [0.29, 0.717) is 0 Å². The summed E-state index contributed by atoms with van der Waals surface area (Å²) in [6.07, 6.45) is 0. The molecule has 1 aliphatic rings. The topological polar surface area (TPSA) is 36.3 Å². The molecule has 0 radical (unpaired) electrons. The molecule has 1 aliphatic heterocycles. The predicted octanol–water partition coefficient (Wildman–Crippen LogP) is 4.48. The van der Waals surface area contributed by atoms with Gasteiger partial charge in [0.1, 0.15) is 5.69 Å². The minimum absolute atomic E-state index is 0.915. The fraction of sp³-hybridized carbons (Fsp3) is 0.435. The number of benzene rings is 2. The number of aromatic nitrogens is 2. The van der Waals surface area contributed by atoms with E-state index in [4.69, 9.17) is 5.10 Å². The van der Waals surface area contributed by atoms with Gasteiger partial charge < -0.3 is 15.1 Å². The number of rotatable bonds is 9. The van der Waals surface area contributed by atoms with Gasteiger partial charge in [-0.1, -0.05) is 43.8 Å². The third kappa shape index (κ3) is 4.02. The zero-order chi connectivity index (χ0) is 20.4. The highest BCUT2D eigenvalue weighted by Crippen LogP contribution is 2.50. The van der Waals surface area contributed by atoms with E-state index in [1.807, 2.05) is 11.8 Å². The van der Waals surface area contributed by atoms with Crippen LogP contribution in [0.25, 0.3) is 22.2 Å². The minimum atomic E-state index is 0.915. The zero-order valence-electron chi connectivity index (χ0n) is 17.9. The molecule has 29 heavy (non-hydrogen) atoms. The summed E-state index contributed by atoms with van der Waals surface area (Å²) in [5, 5.41) is 10.0. The molecular weight excluding hydrogens is 378 g/mol. The predicted molar refractivity (Wildman–Crippen MR) is 124 cm³/mol. The Balaban J connectivity index is 1.75. The molecule has 0 unspecified atom stereocenters. The molecule has 0 amide bonds. The maximum Gasteiger partial charge on any atom is 0.103 e. The molecule has 1 aromatic heterocycles. The normalized spacial score (nSPS) is 12.8. The van der Waals surface area contributed by atoms with Gasteiger partial charge in [-0.3, -0.25) is 4.68 Å². The first-order chi connectivity index (χ1) is 14.1. The van der Waals surface area contributed by atoms with Gasteiger partial charge in [-0.25, -0.2) is 0 Å². The zero-order valence-corrected chi connectivity index (χ0v) is 18.7.